The average Bonchev–Trinajstić information content (AvgIpc) is 2.70. The molecule has 0 atom stereocenters. The van der Waals surface area contributed by atoms with Crippen LogP contribution in [0, 0.1) is 0 Å². The van der Waals surface area contributed by atoms with Crippen molar-refractivity contribution >= 4 is 16.7 Å². The highest BCUT2D eigenvalue weighted by Gasteiger charge is 2.09. The van der Waals surface area contributed by atoms with Crippen LogP contribution in [0.3, 0.4) is 0 Å². The third kappa shape index (κ3) is 1.72. The molecule has 0 amide bonds. The van der Waals surface area contributed by atoms with Gasteiger partial charge in [-0.1, -0.05) is 18.2 Å². The Morgan fingerprint density at radius 3 is 2.83 bits per heavy atom. The highest BCUT2D eigenvalue weighted by molar-refractivity contribution is 5.74. The van der Waals surface area contributed by atoms with Crippen LogP contribution in [0.25, 0.3) is 11.0 Å². The number of pyridine rings is 1. The van der Waals surface area contributed by atoms with Crippen molar-refractivity contribution in [2.45, 2.75) is 6.42 Å². The number of anilines is 1. The predicted octanol–water partition coefficient (Wildman–Crippen LogP) is 2.14. The van der Waals surface area contributed by atoms with Crippen molar-refractivity contribution < 1.29 is 0 Å². The van der Waals surface area contributed by atoms with Gasteiger partial charge in [-0.05, 0) is 17.7 Å². The van der Waals surface area contributed by atoms with Crippen LogP contribution in [-0.4, -0.2) is 14.5 Å². The third-order valence-electron chi connectivity index (χ3n) is 3.18. The van der Waals surface area contributed by atoms with Gasteiger partial charge in [0.1, 0.15) is 5.82 Å². The predicted molar refractivity (Wildman–Crippen MR) is 72.2 cm³/mol. The minimum Gasteiger partial charge on any atom is -0.398 e. The summed E-state index contributed by atoms with van der Waals surface area (Å²) in [7, 11) is 2.01. The number of para-hydroxylation sites is 1. The van der Waals surface area contributed by atoms with Crippen molar-refractivity contribution in [2.24, 2.45) is 7.05 Å². The number of hydrogen-bond donors (Lipinski definition) is 1. The van der Waals surface area contributed by atoms with E-state index < -0.39 is 0 Å². The number of aromatic nitrogens is 3. The second kappa shape index (κ2) is 4.14. The van der Waals surface area contributed by atoms with Gasteiger partial charge < -0.3 is 10.3 Å². The standard InChI is InChI=1S/C14H14N4/c1-18-13-9-16-7-6-12(13)17-14(18)8-10-4-2-3-5-11(10)15/h2-7,9H,8,15H2,1H3. The van der Waals surface area contributed by atoms with E-state index in [4.69, 9.17) is 5.73 Å². The number of nitrogen functional groups attached to an aromatic ring is 1. The maximum atomic E-state index is 5.96. The van der Waals surface area contributed by atoms with Gasteiger partial charge in [-0.15, -0.1) is 0 Å². The van der Waals surface area contributed by atoms with Gasteiger partial charge in [-0.25, -0.2) is 4.98 Å². The fourth-order valence-electron chi connectivity index (χ4n) is 2.11. The molecule has 1 aromatic carbocycles. The summed E-state index contributed by atoms with van der Waals surface area (Å²) < 4.78 is 2.06. The lowest BCUT2D eigenvalue weighted by atomic mass is 10.1. The normalized spacial score (nSPS) is 10.9. The van der Waals surface area contributed by atoms with Crippen LogP contribution in [0.15, 0.2) is 42.7 Å². The molecule has 3 aromatic rings. The van der Waals surface area contributed by atoms with E-state index in [9.17, 15) is 0 Å². The molecule has 0 saturated heterocycles. The molecule has 0 fully saturated rings. The molecule has 0 saturated carbocycles. The molecular weight excluding hydrogens is 224 g/mol. The average molecular weight is 238 g/mol. The van der Waals surface area contributed by atoms with Gasteiger partial charge in [0, 0.05) is 25.4 Å². The number of fused-ring (bicyclic) bond motifs is 1. The summed E-state index contributed by atoms with van der Waals surface area (Å²) in [6.07, 6.45) is 4.33. The van der Waals surface area contributed by atoms with Gasteiger partial charge in [-0.2, -0.15) is 0 Å². The minimum atomic E-state index is 0.734. The zero-order chi connectivity index (χ0) is 12.5. The van der Waals surface area contributed by atoms with Crippen LogP contribution in [0.2, 0.25) is 0 Å². The molecule has 0 unspecified atom stereocenters. The second-order valence-corrected chi connectivity index (χ2v) is 4.33. The van der Waals surface area contributed by atoms with Gasteiger partial charge in [0.2, 0.25) is 0 Å². The Balaban J connectivity index is 2.06. The van der Waals surface area contributed by atoms with Crippen molar-refractivity contribution in [1.82, 2.24) is 14.5 Å². The van der Waals surface area contributed by atoms with Crippen LogP contribution in [-0.2, 0) is 13.5 Å². The molecule has 0 bridgehead atoms. The van der Waals surface area contributed by atoms with Gasteiger partial charge in [-0.3, -0.25) is 4.98 Å². The maximum Gasteiger partial charge on any atom is 0.114 e. The van der Waals surface area contributed by atoms with E-state index in [0.717, 1.165) is 34.5 Å². The molecule has 2 N–H and O–H groups in total. The van der Waals surface area contributed by atoms with E-state index in [1.165, 1.54) is 0 Å². The summed E-state index contributed by atoms with van der Waals surface area (Å²) in [6.45, 7) is 0. The van der Waals surface area contributed by atoms with Gasteiger partial charge in [0.15, 0.2) is 0 Å². The number of imidazole rings is 1. The topological polar surface area (TPSA) is 56.7 Å². The van der Waals surface area contributed by atoms with Crippen molar-refractivity contribution in [1.29, 1.82) is 0 Å². The number of nitrogens with two attached hydrogens (primary N) is 1. The molecule has 0 aliphatic carbocycles. The summed E-state index contributed by atoms with van der Waals surface area (Å²) in [4.78, 5) is 8.74. The monoisotopic (exact) mass is 238 g/mol. The Hall–Kier alpha value is -2.36. The van der Waals surface area contributed by atoms with Crippen LogP contribution >= 0.6 is 0 Å². The lowest BCUT2D eigenvalue weighted by Crippen LogP contribution is -2.01. The molecule has 3 rings (SSSR count). The highest BCUT2D eigenvalue weighted by Crippen LogP contribution is 2.18. The molecule has 4 nitrogen and oxygen atoms in total. The smallest absolute Gasteiger partial charge is 0.114 e. The fourth-order valence-corrected chi connectivity index (χ4v) is 2.11. The van der Waals surface area contributed by atoms with E-state index in [1.807, 2.05) is 43.6 Å². The molecule has 0 aliphatic rings. The molecular formula is C14H14N4. The number of hydrogen-bond acceptors (Lipinski definition) is 3. The zero-order valence-corrected chi connectivity index (χ0v) is 10.2. The van der Waals surface area contributed by atoms with Gasteiger partial charge in [0.05, 0.1) is 17.2 Å². The Morgan fingerprint density at radius 1 is 1.22 bits per heavy atom. The lowest BCUT2D eigenvalue weighted by Gasteiger charge is -2.05. The molecule has 0 spiro atoms. The number of rotatable bonds is 2. The third-order valence-corrected chi connectivity index (χ3v) is 3.18. The maximum absolute atomic E-state index is 5.96. The molecule has 2 heterocycles. The van der Waals surface area contributed by atoms with Crippen LogP contribution < -0.4 is 5.73 Å². The first-order chi connectivity index (χ1) is 8.75. The van der Waals surface area contributed by atoms with E-state index in [-0.39, 0.29) is 0 Å². The van der Waals surface area contributed by atoms with Crippen molar-refractivity contribution in [3.63, 3.8) is 0 Å². The summed E-state index contributed by atoms with van der Waals surface area (Å²) in [5.41, 5.74) is 9.89. The summed E-state index contributed by atoms with van der Waals surface area (Å²) >= 11 is 0. The first kappa shape index (κ1) is 10.8. The second-order valence-electron chi connectivity index (χ2n) is 4.33. The van der Waals surface area contributed by atoms with Crippen molar-refractivity contribution in [3.8, 4) is 0 Å². The molecule has 4 heteroatoms. The Labute approximate surface area is 105 Å². The Bertz CT molecular complexity index is 700. The van der Waals surface area contributed by atoms with Crippen LogP contribution in [0.5, 0.6) is 0 Å². The molecule has 18 heavy (non-hydrogen) atoms. The SMILES string of the molecule is Cn1c(Cc2ccccc2N)nc2ccncc21. The van der Waals surface area contributed by atoms with Gasteiger partial charge in [0.25, 0.3) is 0 Å². The van der Waals surface area contributed by atoms with Crippen LogP contribution in [0.4, 0.5) is 5.69 Å². The van der Waals surface area contributed by atoms with Gasteiger partial charge >= 0.3 is 0 Å². The quantitative estimate of drug-likeness (QED) is 0.696. The van der Waals surface area contributed by atoms with E-state index in [0.29, 0.717) is 0 Å². The summed E-state index contributed by atoms with van der Waals surface area (Å²) in [5.74, 6) is 0.996. The number of benzene rings is 1. The Morgan fingerprint density at radius 2 is 2.06 bits per heavy atom. The number of nitrogens with zero attached hydrogens (tertiary/aromatic N) is 3. The number of aryl methyl sites for hydroxylation is 1. The molecule has 2 aromatic heterocycles. The van der Waals surface area contributed by atoms with E-state index in [1.54, 1.807) is 6.20 Å². The van der Waals surface area contributed by atoms with Crippen molar-refractivity contribution in [2.75, 3.05) is 5.73 Å². The highest BCUT2D eigenvalue weighted by atomic mass is 15.1. The summed E-state index contributed by atoms with van der Waals surface area (Å²) in [5, 5.41) is 0. The van der Waals surface area contributed by atoms with E-state index >= 15 is 0 Å². The van der Waals surface area contributed by atoms with E-state index in [2.05, 4.69) is 14.5 Å². The largest absolute Gasteiger partial charge is 0.398 e. The molecule has 0 radical (unpaired) electrons. The fraction of sp³-hybridized carbons (Fsp3) is 0.143. The molecule has 0 aliphatic heterocycles. The lowest BCUT2D eigenvalue weighted by molar-refractivity contribution is 0.844. The molecule has 90 valence electrons. The summed E-state index contributed by atoms with van der Waals surface area (Å²) in [6, 6.07) is 9.81. The van der Waals surface area contributed by atoms with Crippen LogP contribution in [0.1, 0.15) is 11.4 Å². The first-order valence-corrected chi connectivity index (χ1v) is 5.84. The van der Waals surface area contributed by atoms with Crippen molar-refractivity contribution in [3.05, 3.63) is 54.1 Å². The minimum absolute atomic E-state index is 0.734. The Kier molecular flexibility index (Phi) is 2.48. The zero-order valence-electron chi connectivity index (χ0n) is 10.2. The first-order valence-electron chi connectivity index (χ1n) is 5.84.